The molecular formula is C33H20ClN3O. The van der Waals surface area contributed by atoms with Crippen LogP contribution in [-0.4, -0.2) is 15.0 Å². The Morgan fingerprint density at radius 2 is 1.08 bits per heavy atom. The van der Waals surface area contributed by atoms with E-state index < -0.39 is 0 Å². The van der Waals surface area contributed by atoms with Gasteiger partial charge in [-0.2, -0.15) is 9.97 Å². The highest BCUT2D eigenvalue weighted by atomic mass is 35.5. The van der Waals surface area contributed by atoms with Crippen molar-refractivity contribution in [2.24, 2.45) is 0 Å². The molecule has 4 nitrogen and oxygen atoms in total. The molecule has 0 bridgehead atoms. The molecule has 0 radical (unpaired) electrons. The smallest absolute Gasteiger partial charge is 0.226 e. The first-order chi connectivity index (χ1) is 18.7. The van der Waals surface area contributed by atoms with Crippen LogP contribution in [0.4, 0.5) is 0 Å². The zero-order valence-electron chi connectivity index (χ0n) is 20.2. The van der Waals surface area contributed by atoms with E-state index in [1.807, 2.05) is 54.6 Å². The summed E-state index contributed by atoms with van der Waals surface area (Å²) in [4.78, 5) is 13.6. The fourth-order valence-electron chi connectivity index (χ4n) is 4.92. The van der Waals surface area contributed by atoms with E-state index in [9.17, 15) is 0 Å². The fourth-order valence-corrected chi connectivity index (χ4v) is 5.08. The summed E-state index contributed by atoms with van der Waals surface area (Å²) in [7, 11) is 0. The topological polar surface area (TPSA) is 51.8 Å². The lowest BCUT2D eigenvalue weighted by Crippen LogP contribution is -1.97. The van der Waals surface area contributed by atoms with Crippen LogP contribution < -0.4 is 0 Å². The summed E-state index contributed by atoms with van der Waals surface area (Å²) < 4.78 is 6.46. The highest BCUT2D eigenvalue weighted by Crippen LogP contribution is 2.40. The van der Waals surface area contributed by atoms with E-state index in [0.29, 0.717) is 11.6 Å². The monoisotopic (exact) mass is 509 g/mol. The highest BCUT2D eigenvalue weighted by Gasteiger charge is 2.18. The van der Waals surface area contributed by atoms with Gasteiger partial charge in [-0.1, -0.05) is 115 Å². The van der Waals surface area contributed by atoms with Crippen LogP contribution >= 0.6 is 11.6 Å². The van der Waals surface area contributed by atoms with Gasteiger partial charge in [-0.05, 0) is 34.4 Å². The van der Waals surface area contributed by atoms with Gasteiger partial charge >= 0.3 is 0 Å². The molecule has 0 N–H and O–H groups in total. The summed E-state index contributed by atoms with van der Waals surface area (Å²) in [6, 6.07) is 40.9. The molecule has 0 fully saturated rings. The zero-order chi connectivity index (χ0) is 25.5. The molecule has 5 aromatic carbocycles. The highest BCUT2D eigenvalue weighted by molar-refractivity contribution is 6.28. The Morgan fingerprint density at radius 1 is 0.474 bits per heavy atom. The lowest BCUT2D eigenvalue weighted by atomic mass is 9.98. The predicted molar refractivity (Wildman–Crippen MR) is 154 cm³/mol. The van der Waals surface area contributed by atoms with Crippen LogP contribution in [0.1, 0.15) is 0 Å². The number of hydrogen-bond acceptors (Lipinski definition) is 4. The summed E-state index contributed by atoms with van der Waals surface area (Å²) in [5, 5.41) is 2.10. The number of rotatable bonds is 4. The lowest BCUT2D eigenvalue weighted by molar-refractivity contribution is 0.670. The van der Waals surface area contributed by atoms with Gasteiger partial charge in [0.2, 0.25) is 5.28 Å². The van der Waals surface area contributed by atoms with E-state index >= 15 is 0 Å². The minimum atomic E-state index is 0.151. The van der Waals surface area contributed by atoms with E-state index in [2.05, 4.69) is 76.7 Å². The minimum absolute atomic E-state index is 0.151. The maximum absolute atomic E-state index is 6.46. The molecule has 5 heteroatoms. The first kappa shape index (κ1) is 22.4. The molecule has 0 saturated heterocycles. The predicted octanol–water partition coefficient (Wildman–Crippen LogP) is 9.09. The van der Waals surface area contributed by atoms with Crippen molar-refractivity contribution < 1.29 is 4.42 Å². The van der Waals surface area contributed by atoms with Crippen LogP contribution in [0.5, 0.6) is 0 Å². The van der Waals surface area contributed by atoms with Gasteiger partial charge in [-0.25, -0.2) is 4.98 Å². The standard InChI is InChI=1S/C33H20ClN3O/c34-33-36-31(24-11-5-2-6-12-24)35-32(37-33)27-15-8-16-28-29(27)26-14-7-13-25(30(26)38-28)23-19-17-22(18-20-23)21-9-3-1-4-10-21/h1-20H. The Hall–Kier alpha value is -4.80. The normalized spacial score (nSPS) is 11.3. The lowest BCUT2D eigenvalue weighted by Gasteiger charge is -2.07. The maximum Gasteiger partial charge on any atom is 0.226 e. The largest absolute Gasteiger partial charge is 0.455 e. The second-order valence-corrected chi connectivity index (χ2v) is 9.36. The van der Waals surface area contributed by atoms with Crippen molar-refractivity contribution in [2.75, 3.05) is 0 Å². The van der Waals surface area contributed by atoms with Crippen molar-refractivity contribution in [3.63, 3.8) is 0 Å². The third kappa shape index (κ3) is 3.92. The summed E-state index contributed by atoms with van der Waals surface area (Å²) in [5.41, 5.74) is 7.80. The molecule has 180 valence electrons. The van der Waals surface area contributed by atoms with E-state index in [1.165, 1.54) is 11.1 Å². The number of furan rings is 1. The maximum atomic E-state index is 6.46. The SMILES string of the molecule is Clc1nc(-c2ccccc2)nc(-c2cccc3oc4c(-c5ccc(-c6ccccc6)cc5)cccc4c23)n1. The number of aromatic nitrogens is 3. The Bertz CT molecular complexity index is 1910. The first-order valence-corrected chi connectivity index (χ1v) is 12.7. The van der Waals surface area contributed by atoms with Crippen molar-refractivity contribution in [1.82, 2.24) is 15.0 Å². The van der Waals surface area contributed by atoms with Gasteiger partial charge in [0.15, 0.2) is 11.6 Å². The summed E-state index contributed by atoms with van der Waals surface area (Å²) in [5.74, 6) is 1.04. The summed E-state index contributed by atoms with van der Waals surface area (Å²) >= 11 is 6.37. The van der Waals surface area contributed by atoms with Crippen molar-refractivity contribution >= 4 is 33.5 Å². The second kappa shape index (κ2) is 9.25. The number of hydrogen-bond donors (Lipinski definition) is 0. The third-order valence-electron chi connectivity index (χ3n) is 6.71. The molecule has 0 saturated carbocycles. The van der Waals surface area contributed by atoms with Gasteiger partial charge in [-0.15, -0.1) is 0 Å². The molecule has 0 aliphatic heterocycles. The molecule has 0 aliphatic carbocycles. The molecule has 2 aromatic heterocycles. The molecule has 38 heavy (non-hydrogen) atoms. The second-order valence-electron chi connectivity index (χ2n) is 9.02. The number of fused-ring (bicyclic) bond motifs is 3. The number of nitrogens with zero attached hydrogens (tertiary/aromatic N) is 3. The van der Waals surface area contributed by atoms with Crippen LogP contribution in [0.3, 0.4) is 0 Å². The van der Waals surface area contributed by atoms with E-state index in [4.69, 9.17) is 21.0 Å². The summed E-state index contributed by atoms with van der Waals surface area (Å²) in [6.45, 7) is 0. The molecule has 2 heterocycles. The van der Waals surface area contributed by atoms with Crippen molar-refractivity contribution in [1.29, 1.82) is 0 Å². The molecule has 0 aliphatic rings. The average molecular weight is 510 g/mol. The molecule has 0 amide bonds. The van der Waals surface area contributed by atoms with Crippen molar-refractivity contribution in [3.05, 3.63) is 127 Å². The van der Waals surface area contributed by atoms with Gasteiger partial charge in [0, 0.05) is 27.5 Å². The Kier molecular flexibility index (Phi) is 5.46. The van der Waals surface area contributed by atoms with Crippen LogP contribution in [0.15, 0.2) is 126 Å². The van der Waals surface area contributed by atoms with Crippen molar-refractivity contribution in [3.8, 4) is 45.0 Å². The molecule has 0 spiro atoms. The van der Waals surface area contributed by atoms with Crippen LogP contribution in [0, 0.1) is 0 Å². The van der Waals surface area contributed by atoms with Gasteiger partial charge in [0.25, 0.3) is 0 Å². The van der Waals surface area contributed by atoms with E-state index in [-0.39, 0.29) is 5.28 Å². The molecule has 7 aromatic rings. The number of halogens is 1. The molecule has 0 unspecified atom stereocenters. The third-order valence-corrected chi connectivity index (χ3v) is 6.88. The Balaban J connectivity index is 1.38. The Labute approximate surface area is 224 Å². The minimum Gasteiger partial charge on any atom is -0.455 e. The number of para-hydroxylation sites is 1. The van der Waals surface area contributed by atoms with Crippen LogP contribution in [0.2, 0.25) is 5.28 Å². The van der Waals surface area contributed by atoms with Crippen LogP contribution in [-0.2, 0) is 0 Å². The molecule has 0 atom stereocenters. The first-order valence-electron chi connectivity index (χ1n) is 12.3. The fraction of sp³-hybridized carbons (Fsp3) is 0. The van der Waals surface area contributed by atoms with Gasteiger partial charge in [0.1, 0.15) is 11.2 Å². The van der Waals surface area contributed by atoms with Crippen molar-refractivity contribution in [2.45, 2.75) is 0 Å². The Morgan fingerprint density at radius 3 is 1.84 bits per heavy atom. The molecular weight excluding hydrogens is 490 g/mol. The van der Waals surface area contributed by atoms with E-state index in [0.717, 1.165) is 44.2 Å². The average Bonchev–Trinajstić information content (AvgIpc) is 3.37. The molecule has 7 rings (SSSR count). The summed E-state index contributed by atoms with van der Waals surface area (Å²) in [6.07, 6.45) is 0. The quantitative estimate of drug-likeness (QED) is 0.237. The van der Waals surface area contributed by atoms with Gasteiger partial charge in [-0.3, -0.25) is 0 Å². The van der Waals surface area contributed by atoms with Crippen LogP contribution in [0.25, 0.3) is 67.0 Å². The number of benzene rings is 5. The van der Waals surface area contributed by atoms with Gasteiger partial charge in [0.05, 0.1) is 0 Å². The zero-order valence-corrected chi connectivity index (χ0v) is 20.9. The van der Waals surface area contributed by atoms with Gasteiger partial charge < -0.3 is 4.42 Å². The van der Waals surface area contributed by atoms with E-state index in [1.54, 1.807) is 0 Å².